The third-order valence-corrected chi connectivity index (χ3v) is 3.33. The van der Waals surface area contributed by atoms with E-state index in [0.29, 0.717) is 17.9 Å². The van der Waals surface area contributed by atoms with Gasteiger partial charge in [-0.15, -0.1) is 0 Å². The van der Waals surface area contributed by atoms with Crippen molar-refractivity contribution in [3.63, 3.8) is 0 Å². The summed E-state index contributed by atoms with van der Waals surface area (Å²) in [6, 6.07) is 11.9. The Kier molecular flexibility index (Phi) is 6.07. The highest BCUT2D eigenvalue weighted by Gasteiger charge is 2.17. The molecule has 0 aromatic heterocycles. The van der Waals surface area contributed by atoms with Crippen LogP contribution in [0.5, 0.6) is 11.5 Å². The van der Waals surface area contributed by atoms with Crippen LogP contribution in [0.4, 0.5) is 5.69 Å². The number of nitriles is 1. The van der Waals surface area contributed by atoms with Crippen LogP contribution < -0.4 is 4.74 Å². The highest BCUT2D eigenvalue weighted by Crippen LogP contribution is 2.32. The zero-order chi connectivity index (χ0) is 18.2. The summed E-state index contributed by atoms with van der Waals surface area (Å²) >= 11 is 0. The van der Waals surface area contributed by atoms with Crippen molar-refractivity contribution in [1.82, 2.24) is 0 Å². The lowest BCUT2D eigenvalue weighted by atomic mass is 10.2. The van der Waals surface area contributed by atoms with Crippen LogP contribution in [0.3, 0.4) is 0 Å². The van der Waals surface area contributed by atoms with E-state index in [-0.39, 0.29) is 17.0 Å². The third kappa shape index (κ3) is 4.78. The summed E-state index contributed by atoms with van der Waals surface area (Å²) in [5.41, 5.74) is 0.240. The van der Waals surface area contributed by atoms with E-state index in [1.807, 2.05) is 13.0 Å². The molecular weight excluding hydrogens is 324 g/mol. The van der Waals surface area contributed by atoms with Crippen LogP contribution in [-0.4, -0.2) is 17.5 Å². The second-order valence-electron chi connectivity index (χ2n) is 5.17. The summed E-state index contributed by atoms with van der Waals surface area (Å²) < 4.78 is 10.6. The average molecular weight is 340 g/mol. The van der Waals surface area contributed by atoms with E-state index in [4.69, 9.17) is 14.7 Å². The number of ether oxygens (including phenoxy) is 2. The topological polar surface area (TPSA) is 102 Å². The molecule has 0 radical (unpaired) electrons. The summed E-state index contributed by atoms with van der Waals surface area (Å²) in [5.74, 6) is -0.0791. The Morgan fingerprint density at radius 3 is 2.56 bits per heavy atom. The zero-order valence-electron chi connectivity index (χ0n) is 13.6. The van der Waals surface area contributed by atoms with Crippen LogP contribution >= 0.6 is 0 Å². The van der Waals surface area contributed by atoms with E-state index in [1.165, 1.54) is 36.4 Å². The van der Waals surface area contributed by atoms with Gasteiger partial charge in [0.05, 0.1) is 28.7 Å². The zero-order valence-corrected chi connectivity index (χ0v) is 13.6. The lowest BCUT2D eigenvalue weighted by molar-refractivity contribution is -0.385. The molecule has 0 aliphatic rings. The van der Waals surface area contributed by atoms with Gasteiger partial charge in [0.15, 0.2) is 0 Å². The monoisotopic (exact) mass is 340 g/mol. The fourth-order valence-corrected chi connectivity index (χ4v) is 1.99. The fraction of sp³-hybridized carbons (Fsp3) is 0.222. The van der Waals surface area contributed by atoms with E-state index in [0.717, 1.165) is 18.9 Å². The summed E-state index contributed by atoms with van der Waals surface area (Å²) in [4.78, 5) is 22.3. The predicted octanol–water partition coefficient (Wildman–Crippen LogP) is 4.22. The molecule has 2 aromatic carbocycles. The minimum atomic E-state index is -0.615. The molecule has 0 unspecified atom stereocenters. The molecule has 0 saturated heterocycles. The number of benzene rings is 2. The van der Waals surface area contributed by atoms with Gasteiger partial charge in [0.25, 0.3) is 0 Å². The molecular formula is C18H16N2O5. The Balaban J connectivity index is 2.13. The van der Waals surface area contributed by atoms with Gasteiger partial charge in [-0.2, -0.15) is 5.26 Å². The van der Waals surface area contributed by atoms with Crippen LogP contribution in [0.2, 0.25) is 0 Å². The highest BCUT2D eigenvalue weighted by atomic mass is 16.6. The van der Waals surface area contributed by atoms with Crippen molar-refractivity contribution in [1.29, 1.82) is 5.26 Å². The van der Waals surface area contributed by atoms with Crippen LogP contribution in [0, 0.1) is 21.4 Å². The Labute approximate surface area is 144 Å². The molecule has 7 heteroatoms. The van der Waals surface area contributed by atoms with Gasteiger partial charge < -0.3 is 9.47 Å². The average Bonchev–Trinajstić information content (AvgIpc) is 2.62. The van der Waals surface area contributed by atoms with Crippen molar-refractivity contribution < 1.29 is 19.2 Å². The van der Waals surface area contributed by atoms with Gasteiger partial charge >= 0.3 is 11.7 Å². The predicted molar refractivity (Wildman–Crippen MR) is 89.5 cm³/mol. The summed E-state index contributed by atoms with van der Waals surface area (Å²) in [6.45, 7) is 2.37. The molecule has 0 saturated carbocycles. The molecule has 0 heterocycles. The lowest BCUT2D eigenvalue weighted by Gasteiger charge is -2.08. The first kappa shape index (κ1) is 17.9. The maximum atomic E-state index is 11.8. The minimum absolute atomic E-state index is 0.0160. The number of carbonyl (C=O) groups is 1. The smallest absolute Gasteiger partial charge is 0.338 e. The highest BCUT2D eigenvalue weighted by molar-refractivity contribution is 5.89. The Bertz CT molecular complexity index is 809. The molecule has 0 bridgehead atoms. The number of nitrogens with zero attached hydrogens (tertiary/aromatic N) is 2. The third-order valence-electron chi connectivity index (χ3n) is 3.33. The van der Waals surface area contributed by atoms with Crippen molar-refractivity contribution in [2.75, 3.05) is 6.61 Å². The molecule has 0 atom stereocenters. The van der Waals surface area contributed by atoms with Gasteiger partial charge in [-0.25, -0.2) is 4.79 Å². The lowest BCUT2D eigenvalue weighted by Crippen LogP contribution is -2.06. The van der Waals surface area contributed by atoms with Crippen LogP contribution in [-0.2, 0) is 4.74 Å². The second-order valence-corrected chi connectivity index (χ2v) is 5.17. The van der Waals surface area contributed by atoms with Crippen molar-refractivity contribution in [3.8, 4) is 17.6 Å². The standard InChI is InChI=1S/C18H16N2O5/c1-2-3-10-24-18(21)14-5-7-15(8-6-14)25-17-9-4-13(12-19)11-16(17)20(22)23/h4-9,11H,2-3,10H2,1H3. The number of unbranched alkanes of at least 4 members (excludes halogenated alkanes) is 1. The van der Waals surface area contributed by atoms with Gasteiger partial charge in [-0.1, -0.05) is 13.3 Å². The minimum Gasteiger partial charge on any atom is -0.462 e. The number of rotatable bonds is 7. The number of hydrogen-bond donors (Lipinski definition) is 0. The van der Waals surface area contributed by atoms with Crippen LogP contribution in [0.1, 0.15) is 35.7 Å². The number of esters is 1. The molecule has 0 aliphatic carbocycles. The van der Waals surface area contributed by atoms with Crippen molar-refractivity contribution in [2.45, 2.75) is 19.8 Å². The summed E-state index contributed by atoms with van der Waals surface area (Å²) in [5, 5.41) is 19.9. The Hall–Kier alpha value is -3.40. The molecule has 0 aliphatic heterocycles. The summed E-state index contributed by atoms with van der Waals surface area (Å²) in [7, 11) is 0. The normalized spacial score (nSPS) is 9.92. The first-order valence-electron chi connectivity index (χ1n) is 7.68. The van der Waals surface area contributed by atoms with E-state index in [9.17, 15) is 14.9 Å². The molecule has 0 amide bonds. The van der Waals surface area contributed by atoms with E-state index in [1.54, 1.807) is 0 Å². The number of nitro benzene ring substituents is 1. The first-order valence-corrected chi connectivity index (χ1v) is 7.68. The maximum Gasteiger partial charge on any atom is 0.338 e. The van der Waals surface area contributed by atoms with Crippen LogP contribution in [0.15, 0.2) is 42.5 Å². The largest absolute Gasteiger partial charge is 0.462 e. The Morgan fingerprint density at radius 2 is 1.96 bits per heavy atom. The number of nitro groups is 1. The fourth-order valence-electron chi connectivity index (χ4n) is 1.99. The van der Waals surface area contributed by atoms with Crippen molar-refractivity contribution >= 4 is 11.7 Å². The molecule has 0 spiro atoms. The van der Waals surface area contributed by atoms with Gasteiger partial charge in [-0.3, -0.25) is 10.1 Å². The van der Waals surface area contributed by atoms with E-state index in [2.05, 4.69) is 0 Å². The molecule has 0 fully saturated rings. The number of hydrogen-bond acceptors (Lipinski definition) is 6. The van der Waals surface area contributed by atoms with Crippen LogP contribution in [0.25, 0.3) is 0 Å². The molecule has 7 nitrogen and oxygen atoms in total. The van der Waals surface area contributed by atoms with Gasteiger partial charge in [0.2, 0.25) is 5.75 Å². The molecule has 128 valence electrons. The van der Waals surface area contributed by atoms with Crippen molar-refractivity contribution in [3.05, 3.63) is 63.7 Å². The molecule has 2 rings (SSSR count). The Morgan fingerprint density at radius 1 is 1.24 bits per heavy atom. The van der Waals surface area contributed by atoms with Gasteiger partial charge in [0.1, 0.15) is 5.75 Å². The molecule has 25 heavy (non-hydrogen) atoms. The van der Waals surface area contributed by atoms with E-state index >= 15 is 0 Å². The second kappa shape index (κ2) is 8.45. The quantitative estimate of drug-likeness (QED) is 0.324. The van der Waals surface area contributed by atoms with Gasteiger partial charge in [-0.05, 0) is 42.8 Å². The van der Waals surface area contributed by atoms with E-state index < -0.39 is 10.9 Å². The first-order chi connectivity index (χ1) is 12.0. The molecule has 0 N–H and O–H groups in total. The van der Waals surface area contributed by atoms with Gasteiger partial charge in [0, 0.05) is 6.07 Å². The maximum absolute atomic E-state index is 11.8. The number of carbonyl (C=O) groups excluding carboxylic acids is 1. The molecule has 2 aromatic rings. The summed E-state index contributed by atoms with van der Waals surface area (Å²) in [6.07, 6.45) is 1.73. The van der Waals surface area contributed by atoms with Crippen molar-refractivity contribution in [2.24, 2.45) is 0 Å². The SMILES string of the molecule is CCCCOC(=O)c1ccc(Oc2ccc(C#N)cc2[N+](=O)[O-])cc1.